The van der Waals surface area contributed by atoms with Gasteiger partial charge in [0.05, 0.1) is 6.26 Å². The van der Waals surface area contributed by atoms with Crippen molar-refractivity contribution in [1.82, 2.24) is 0 Å². The predicted octanol–water partition coefficient (Wildman–Crippen LogP) is 3.89. The number of nitrogens with two attached hydrogens (primary N) is 1. The Morgan fingerprint density at radius 3 is 2.50 bits per heavy atom. The van der Waals surface area contributed by atoms with Crippen LogP contribution in [0.3, 0.4) is 0 Å². The Morgan fingerprint density at radius 1 is 1.25 bits per heavy atom. The number of hydrogen-bond donors (Lipinski definition) is 1. The maximum absolute atomic E-state index is 6.12. The molecule has 0 spiro atoms. The van der Waals surface area contributed by atoms with Crippen LogP contribution < -0.4 is 5.73 Å². The molecule has 0 saturated heterocycles. The van der Waals surface area contributed by atoms with Crippen molar-refractivity contribution in [2.24, 2.45) is 5.73 Å². The van der Waals surface area contributed by atoms with Gasteiger partial charge in [-0.3, -0.25) is 0 Å². The summed E-state index contributed by atoms with van der Waals surface area (Å²) < 4.78 is 7.14. The Labute approximate surface area is 116 Å². The van der Waals surface area contributed by atoms with E-state index in [1.165, 1.54) is 9.13 Å². The lowest BCUT2D eigenvalue weighted by molar-refractivity contribution is 0.531. The second kappa shape index (κ2) is 5.33. The molecular formula is C12H11BrINO. The number of halogens is 2. The molecule has 1 unspecified atom stereocenters. The van der Waals surface area contributed by atoms with Crippen molar-refractivity contribution in [3.63, 3.8) is 0 Å². The van der Waals surface area contributed by atoms with Crippen molar-refractivity contribution >= 4 is 38.5 Å². The van der Waals surface area contributed by atoms with E-state index in [-0.39, 0.29) is 6.04 Å². The molecule has 84 valence electrons. The summed E-state index contributed by atoms with van der Waals surface area (Å²) in [6, 6.07) is 10.3. The first-order valence-corrected chi connectivity index (χ1v) is 6.77. The molecule has 1 heterocycles. The molecule has 0 aliphatic rings. The van der Waals surface area contributed by atoms with Gasteiger partial charge in [-0.25, -0.2) is 0 Å². The Bertz CT molecular complexity index is 466. The molecule has 0 bridgehead atoms. The minimum atomic E-state index is -0.0341. The minimum Gasteiger partial charge on any atom is -0.457 e. The molecule has 2 aromatic rings. The first-order chi connectivity index (χ1) is 7.66. The molecule has 1 aromatic heterocycles. The first-order valence-electron chi connectivity index (χ1n) is 4.89. The zero-order valence-electron chi connectivity index (χ0n) is 8.49. The lowest BCUT2D eigenvalue weighted by atomic mass is 10.0. The molecular weight excluding hydrogens is 381 g/mol. The largest absolute Gasteiger partial charge is 0.457 e. The molecule has 2 nitrogen and oxygen atoms in total. The third-order valence-corrected chi connectivity index (χ3v) is 3.78. The molecule has 2 rings (SSSR count). The third kappa shape index (κ3) is 2.87. The van der Waals surface area contributed by atoms with Crippen molar-refractivity contribution in [2.75, 3.05) is 0 Å². The van der Waals surface area contributed by atoms with Crippen molar-refractivity contribution in [1.29, 1.82) is 0 Å². The molecule has 0 fully saturated rings. The zero-order chi connectivity index (χ0) is 11.5. The topological polar surface area (TPSA) is 39.2 Å². The van der Waals surface area contributed by atoms with Crippen LogP contribution in [0, 0.1) is 3.57 Å². The predicted molar refractivity (Wildman–Crippen MR) is 76.2 cm³/mol. The summed E-state index contributed by atoms with van der Waals surface area (Å²) in [6.07, 6.45) is 2.46. The van der Waals surface area contributed by atoms with Gasteiger partial charge in [-0.2, -0.15) is 0 Å². The average molecular weight is 392 g/mol. The van der Waals surface area contributed by atoms with Gasteiger partial charge in [0.2, 0.25) is 0 Å². The highest BCUT2D eigenvalue weighted by Gasteiger charge is 2.12. The van der Waals surface area contributed by atoms with E-state index in [4.69, 9.17) is 10.2 Å². The van der Waals surface area contributed by atoms with Gasteiger partial charge in [0.1, 0.15) is 0 Å². The van der Waals surface area contributed by atoms with Crippen molar-refractivity contribution in [3.05, 3.63) is 56.0 Å². The fourth-order valence-electron chi connectivity index (χ4n) is 1.55. The molecule has 0 amide bonds. The summed E-state index contributed by atoms with van der Waals surface area (Å²) in [5.41, 5.74) is 8.37. The van der Waals surface area contributed by atoms with E-state index in [0.29, 0.717) is 0 Å². The lowest BCUT2D eigenvalue weighted by Crippen LogP contribution is -2.12. The van der Waals surface area contributed by atoms with Gasteiger partial charge in [-0.1, -0.05) is 12.1 Å². The fraction of sp³-hybridized carbons (Fsp3) is 0.167. The monoisotopic (exact) mass is 391 g/mol. The fourth-order valence-corrected chi connectivity index (χ4v) is 2.45. The second-order valence-corrected chi connectivity index (χ2v) is 5.55. The first kappa shape index (κ1) is 12.1. The van der Waals surface area contributed by atoms with Crippen LogP contribution in [0.5, 0.6) is 0 Å². The Kier molecular flexibility index (Phi) is 4.05. The molecule has 1 atom stereocenters. The smallest absolute Gasteiger partial charge is 0.173 e. The standard InChI is InChI=1S/C12H11BrINO/c13-12-10(5-6-16-12)11(15)7-8-1-3-9(14)4-2-8/h1-6,11H,7,15H2. The normalized spacial score (nSPS) is 12.7. The number of hydrogen-bond acceptors (Lipinski definition) is 2. The number of furan rings is 1. The van der Waals surface area contributed by atoms with Gasteiger partial charge in [-0.05, 0) is 68.7 Å². The molecule has 0 aliphatic heterocycles. The van der Waals surface area contributed by atoms with Crippen LogP contribution in [0.25, 0.3) is 0 Å². The molecule has 4 heteroatoms. The molecule has 1 aromatic carbocycles. The van der Waals surface area contributed by atoms with Crippen molar-refractivity contribution in [2.45, 2.75) is 12.5 Å². The van der Waals surface area contributed by atoms with Crippen LogP contribution in [0.2, 0.25) is 0 Å². The molecule has 2 N–H and O–H groups in total. The minimum absolute atomic E-state index is 0.0341. The highest BCUT2D eigenvalue weighted by Crippen LogP contribution is 2.25. The SMILES string of the molecule is NC(Cc1ccc(I)cc1)c1ccoc1Br. The maximum Gasteiger partial charge on any atom is 0.173 e. The highest BCUT2D eigenvalue weighted by atomic mass is 127. The Morgan fingerprint density at radius 2 is 1.94 bits per heavy atom. The van der Waals surface area contributed by atoms with Crippen molar-refractivity contribution < 1.29 is 4.42 Å². The summed E-state index contributed by atoms with van der Waals surface area (Å²) in [4.78, 5) is 0. The average Bonchev–Trinajstić information content (AvgIpc) is 2.68. The van der Waals surface area contributed by atoms with E-state index >= 15 is 0 Å². The zero-order valence-corrected chi connectivity index (χ0v) is 12.2. The van der Waals surface area contributed by atoms with Gasteiger partial charge in [0.15, 0.2) is 4.67 Å². The van der Waals surface area contributed by atoms with E-state index in [1.54, 1.807) is 6.26 Å². The van der Waals surface area contributed by atoms with Gasteiger partial charge >= 0.3 is 0 Å². The number of benzene rings is 1. The molecule has 0 aliphatic carbocycles. The quantitative estimate of drug-likeness (QED) is 0.806. The van der Waals surface area contributed by atoms with Gasteiger partial charge < -0.3 is 10.2 Å². The summed E-state index contributed by atoms with van der Waals surface area (Å²) >= 11 is 5.64. The van der Waals surface area contributed by atoms with Crippen LogP contribution in [-0.2, 0) is 6.42 Å². The van der Waals surface area contributed by atoms with E-state index in [2.05, 4.69) is 62.8 Å². The van der Waals surface area contributed by atoms with E-state index < -0.39 is 0 Å². The van der Waals surface area contributed by atoms with Gasteiger partial charge in [0, 0.05) is 15.2 Å². The number of rotatable bonds is 3. The van der Waals surface area contributed by atoms with Crippen LogP contribution in [0.15, 0.2) is 45.7 Å². The van der Waals surface area contributed by atoms with Crippen LogP contribution in [0.4, 0.5) is 0 Å². The van der Waals surface area contributed by atoms with Crippen LogP contribution in [-0.4, -0.2) is 0 Å². The molecule has 16 heavy (non-hydrogen) atoms. The molecule has 0 saturated carbocycles. The second-order valence-electron chi connectivity index (χ2n) is 3.59. The van der Waals surface area contributed by atoms with E-state index in [9.17, 15) is 0 Å². The van der Waals surface area contributed by atoms with Crippen molar-refractivity contribution in [3.8, 4) is 0 Å². The summed E-state index contributed by atoms with van der Waals surface area (Å²) in [5.74, 6) is 0. The van der Waals surface area contributed by atoms with E-state index in [1.807, 2.05) is 6.07 Å². The van der Waals surface area contributed by atoms with E-state index in [0.717, 1.165) is 16.7 Å². The van der Waals surface area contributed by atoms with Gasteiger partial charge in [0.25, 0.3) is 0 Å². The maximum atomic E-state index is 6.12. The third-order valence-electron chi connectivity index (χ3n) is 2.41. The summed E-state index contributed by atoms with van der Waals surface area (Å²) in [6.45, 7) is 0. The summed E-state index contributed by atoms with van der Waals surface area (Å²) in [5, 5.41) is 0. The Balaban J connectivity index is 2.10. The Hall–Kier alpha value is -0.330. The van der Waals surface area contributed by atoms with Crippen LogP contribution >= 0.6 is 38.5 Å². The summed E-state index contributed by atoms with van der Waals surface area (Å²) in [7, 11) is 0. The lowest BCUT2D eigenvalue weighted by Gasteiger charge is -2.10. The van der Waals surface area contributed by atoms with Gasteiger partial charge in [-0.15, -0.1) is 0 Å². The molecule has 0 radical (unpaired) electrons. The van der Waals surface area contributed by atoms with Crippen LogP contribution in [0.1, 0.15) is 17.2 Å². The highest BCUT2D eigenvalue weighted by molar-refractivity contribution is 14.1.